The maximum absolute atomic E-state index is 4.67. The van der Waals surface area contributed by atoms with Gasteiger partial charge in [0, 0.05) is 43.0 Å². The van der Waals surface area contributed by atoms with E-state index in [9.17, 15) is 0 Å². The van der Waals surface area contributed by atoms with Crippen molar-refractivity contribution in [3.05, 3.63) is 59.6 Å². The van der Waals surface area contributed by atoms with E-state index in [-0.39, 0.29) is 0 Å². The highest BCUT2D eigenvalue weighted by molar-refractivity contribution is 7.15. The lowest BCUT2D eigenvalue weighted by Crippen LogP contribution is -2.33. The molecule has 6 nitrogen and oxygen atoms in total. The standard InChI is InChI=1S/C17H16N6S/c1-2-4-13(5-3-1)16-20-19-15-12-21(6-7-23(15)16)10-14-11-22-8-9-24-17(22)18-14/h1-5,8-9,11H,6-7,10,12H2. The van der Waals surface area contributed by atoms with Crippen molar-refractivity contribution in [3.63, 3.8) is 0 Å². The van der Waals surface area contributed by atoms with Crippen LogP contribution >= 0.6 is 11.3 Å². The van der Waals surface area contributed by atoms with Crippen LogP contribution in [0.25, 0.3) is 16.3 Å². The predicted molar refractivity (Wildman–Crippen MR) is 92.6 cm³/mol. The Hall–Kier alpha value is -2.51. The van der Waals surface area contributed by atoms with Crippen molar-refractivity contribution in [2.75, 3.05) is 6.54 Å². The highest BCUT2D eigenvalue weighted by Crippen LogP contribution is 2.22. The molecule has 0 atom stereocenters. The second-order valence-corrected chi connectivity index (χ2v) is 6.87. The Balaban J connectivity index is 1.37. The summed E-state index contributed by atoms with van der Waals surface area (Å²) in [5.41, 5.74) is 2.23. The van der Waals surface area contributed by atoms with Crippen molar-refractivity contribution >= 4 is 16.3 Å². The van der Waals surface area contributed by atoms with Gasteiger partial charge < -0.3 is 4.57 Å². The Kier molecular flexibility index (Phi) is 3.20. The number of hydrogen-bond donors (Lipinski definition) is 0. The van der Waals surface area contributed by atoms with Gasteiger partial charge in [0.05, 0.1) is 12.2 Å². The molecule has 1 aliphatic heterocycles. The highest BCUT2D eigenvalue weighted by atomic mass is 32.1. The van der Waals surface area contributed by atoms with E-state index in [2.05, 4.69) is 59.0 Å². The smallest absolute Gasteiger partial charge is 0.193 e. The molecule has 4 aromatic rings. The van der Waals surface area contributed by atoms with Crippen LogP contribution in [0.5, 0.6) is 0 Å². The molecule has 0 aliphatic carbocycles. The average molecular weight is 336 g/mol. The summed E-state index contributed by atoms with van der Waals surface area (Å²) in [6.45, 7) is 3.55. The van der Waals surface area contributed by atoms with Crippen molar-refractivity contribution in [2.45, 2.75) is 19.6 Å². The third kappa shape index (κ3) is 2.33. The van der Waals surface area contributed by atoms with Crippen molar-refractivity contribution in [2.24, 2.45) is 0 Å². The summed E-state index contributed by atoms with van der Waals surface area (Å²) in [6, 6.07) is 10.3. The fourth-order valence-electron chi connectivity index (χ4n) is 3.22. The summed E-state index contributed by atoms with van der Waals surface area (Å²) in [6.07, 6.45) is 4.16. The number of thiazole rings is 1. The van der Waals surface area contributed by atoms with Crippen molar-refractivity contribution < 1.29 is 0 Å². The third-order valence-corrected chi connectivity index (χ3v) is 5.16. The Bertz CT molecular complexity index is 955. The van der Waals surface area contributed by atoms with Gasteiger partial charge in [-0.1, -0.05) is 30.3 Å². The molecule has 0 unspecified atom stereocenters. The lowest BCUT2D eigenvalue weighted by molar-refractivity contribution is 0.207. The molecule has 0 N–H and O–H groups in total. The van der Waals surface area contributed by atoms with Gasteiger partial charge in [0.15, 0.2) is 10.8 Å². The molecule has 0 fully saturated rings. The number of benzene rings is 1. The first kappa shape index (κ1) is 13.9. The first-order valence-corrected chi connectivity index (χ1v) is 8.86. The van der Waals surface area contributed by atoms with Gasteiger partial charge in [-0.15, -0.1) is 21.5 Å². The number of rotatable bonds is 3. The molecule has 24 heavy (non-hydrogen) atoms. The molecular formula is C17H16N6S. The van der Waals surface area contributed by atoms with Gasteiger partial charge in [0.1, 0.15) is 5.82 Å². The van der Waals surface area contributed by atoms with E-state index in [1.54, 1.807) is 11.3 Å². The van der Waals surface area contributed by atoms with E-state index >= 15 is 0 Å². The predicted octanol–water partition coefficient (Wildman–Crippen LogP) is 2.67. The summed E-state index contributed by atoms with van der Waals surface area (Å²) in [7, 11) is 0. The SMILES string of the molecule is c1ccc(-c2nnc3n2CCN(Cc2cn4ccsc4n2)C3)cc1. The topological polar surface area (TPSA) is 51.2 Å². The minimum Gasteiger partial charge on any atom is -0.309 e. The number of fused-ring (bicyclic) bond motifs is 2. The third-order valence-electron chi connectivity index (χ3n) is 4.39. The summed E-state index contributed by atoms with van der Waals surface area (Å²) >= 11 is 1.67. The van der Waals surface area contributed by atoms with E-state index in [1.165, 1.54) is 0 Å². The molecule has 0 bridgehead atoms. The molecular weight excluding hydrogens is 320 g/mol. The number of nitrogens with zero attached hydrogens (tertiary/aromatic N) is 6. The minimum atomic E-state index is 0.811. The van der Waals surface area contributed by atoms with Crippen LogP contribution in [0, 0.1) is 0 Å². The Morgan fingerprint density at radius 3 is 2.88 bits per heavy atom. The second kappa shape index (κ2) is 5.54. The maximum atomic E-state index is 4.67. The van der Waals surface area contributed by atoms with Gasteiger partial charge in [-0.3, -0.25) is 9.30 Å². The molecule has 0 spiro atoms. The molecule has 5 rings (SSSR count). The van der Waals surface area contributed by atoms with Gasteiger partial charge in [-0.2, -0.15) is 0 Å². The molecule has 4 heterocycles. The van der Waals surface area contributed by atoms with E-state index < -0.39 is 0 Å². The number of imidazole rings is 1. The summed E-state index contributed by atoms with van der Waals surface area (Å²) in [5.74, 6) is 1.99. The van der Waals surface area contributed by atoms with E-state index in [0.29, 0.717) is 0 Å². The molecule has 0 saturated carbocycles. The molecule has 0 radical (unpaired) electrons. The molecule has 1 aliphatic rings. The van der Waals surface area contributed by atoms with Crippen LogP contribution in [0.4, 0.5) is 0 Å². The molecule has 0 amide bonds. The van der Waals surface area contributed by atoms with Crippen molar-refractivity contribution in [1.82, 2.24) is 29.0 Å². The fraction of sp³-hybridized carbons (Fsp3) is 0.235. The fourth-order valence-corrected chi connectivity index (χ4v) is 3.94. The number of hydrogen-bond acceptors (Lipinski definition) is 5. The second-order valence-electron chi connectivity index (χ2n) is 5.99. The molecule has 3 aromatic heterocycles. The molecule has 7 heteroatoms. The maximum Gasteiger partial charge on any atom is 0.193 e. The van der Waals surface area contributed by atoms with Crippen LogP contribution in [0.15, 0.2) is 48.1 Å². The van der Waals surface area contributed by atoms with Gasteiger partial charge in [-0.25, -0.2) is 4.98 Å². The quantitative estimate of drug-likeness (QED) is 0.577. The van der Waals surface area contributed by atoms with Crippen molar-refractivity contribution in [1.29, 1.82) is 0 Å². The first-order valence-electron chi connectivity index (χ1n) is 7.98. The Morgan fingerprint density at radius 2 is 2.00 bits per heavy atom. The van der Waals surface area contributed by atoms with E-state index in [4.69, 9.17) is 0 Å². The van der Waals surface area contributed by atoms with Crippen LogP contribution in [0.3, 0.4) is 0 Å². The van der Waals surface area contributed by atoms with Crippen molar-refractivity contribution in [3.8, 4) is 11.4 Å². The summed E-state index contributed by atoms with van der Waals surface area (Å²) in [5, 5.41) is 10.9. The lowest BCUT2D eigenvalue weighted by atomic mass is 10.2. The van der Waals surface area contributed by atoms with Crippen LogP contribution in [0.2, 0.25) is 0 Å². The van der Waals surface area contributed by atoms with Crippen LogP contribution in [0.1, 0.15) is 11.5 Å². The van der Waals surface area contributed by atoms with Crippen LogP contribution < -0.4 is 0 Å². The summed E-state index contributed by atoms with van der Waals surface area (Å²) in [4.78, 5) is 8.11. The summed E-state index contributed by atoms with van der Waals surface area (Å²) < 4.78 is 4.32. The largest absolute Gasteiger partial charge is 0.309 e. The van der Waals surface area contributed by atoms with Gasteiger partial charge in [0.25, 0.3) is 0 Å². The monoisotopic (exact) mass is 336 g/mol. The Morgan fingerprint density at radius 1 is 1.08 bits per heavy atom. The zero-order chi connectivity index (χ0) is 15.9. The van der Waals surface area contributed by atoms with E-state index in [1.807, 2.05) is 18.2 Å². The normalized spacial score (nSPS) is 15.0. The van der Waals surface area contributed by atoms with Gasteiger partial charge >= 0.3 is 0 Å². The number of aromatic nitrogens is 5. The van der Waals surface area contributed by atoms with Gasteiger partial charge in [0.2, 0.25) is 0 Å². The molecule has 120 valence electrons. The van der Waals surface area contributed by atoms with Crippen LogP contribution in [-0.4, -0.2) is 35.6 Å². The lowest BCUT2D eigenvalue weighted by Gasteiger charge is -2.26. The van der Waals surface area contributed by atoms with Crippen LogP contribution in [-0.2, 0) is 19.6 Å². The molecule has 0 saturated heterocycles. The zero-order valence-corrected chi connectivity index (χ0v) is 13.9. The minimum absolute atomic E-state index is 0.811. The first-order chi connectivity index (χ1) is 11.9. The Labute approximate surface area is 143 Å². The van der Waals surface area contributed by atoms with E-state index in [0.717, 1.165) is 54.0 Å². The highest BCUT2D eigenvalue weighted by Gasteiger charge is 2.22. The zero-order valence-electron chi connectivity index (χ0n) is 13.0. The van der Waals surface area contributed by atoms with Gasteiger partial charge in [-0.05, 0) is 0 Å². The average Bonchev–Trinajstić information content (AvgIpc) is 3.29. The molecule has 1 aromatic carbocycles.